The molecule has 724 valence electrons. The Kier molecular flexibility index (Phi) is 28.1. The zero-order chi connectivity index (χ0) is 97.8. The molecule has 1 N–H and O–H groups in total. The fourth-order valence-corrected chi connectivity index (χ4v) is 18.1. The van der Waals surface area contributed by atoms with Gasteiger partial charge in [-0.05, 0) is 123 Å². The lowest BCUT2D eigenvalue weighted by Gasteiger charge is -2.28. The molecule has 0 aromatic carbocycles. The monoisotopic (exact) mass is 1940 g/mol. The molecule has 16 aromatic rings. The minimum Gasteiger partial charge on any atom is -0.481 e. The average Bonchev–Trinajstić information content (AvgIpc) is 1.63. The van der Waals surface area contributed by atoms with Crippen LogP contribution in [0.15, 0.2) is 280 Å². The van der Waals surface area contributed by atoms with Crippen molar-refractivity contribution in [2.24, 2.45) is 44.0 Å². The van der Waals surface area contributed by atoms with E-state index in [0.29, 0.717) is 56.2 Å². The van der Waals surface area contributed by atoms with Crippen LogP contribution >= 0.6 is 11.6 Å². The molecule has 26 rings (SSSR count). The first-order valence-electron chi connectivity index (χ1n) is 47.6. The highest BCUT2D eigenvalue weighted by molar-refractivity contribution is 6.30. The molecule has 4 saturated heterocycles. The summed E-state index contributed by atoms with van der Waals surface area (Å²) in [6, 6.07) is 41.6. The molecule has 0 spiro atoms. The second kappa shape index (κ2) is 43.2. The quantitative estimate of drug-likeness (QED) is 0.0827. The normalized spacial score (nSPS) is 15.5. The number of H-pyrrole nitrogens is 1. The van der Waals surface area contributed by atoms with E-state index in [4.69, 9.17) is 60.0 Å². The summed E-state index contributed by atoms with van der Waals surface area (Å²) in [7, 11) is 5.44. The summed E-state index contributed by atoms with van der Waals surface area (Å²) in [4.78, 5) is 109. The Morgan fingerprint density at radius 1 is 0.354 bits per heavy atom. The number of halogens is 1. The van der Waals surface area contributed by atoms with E-state index in [0.717, 1.165) is 297 Å². The number of anilines is 4. The lowest BCUT2D eigenvalue weighted by molar-refractivity contribution is 0.122. The number of hydrogen-bond donors (Lipinski definition) is 1. The van der Waals surface area contributed by atoms with Gasteiger partial charge in [-0.25, -0.2) is 59.8 Å². The summed E-state index contributed by atoms with van der Waals surface area (Å²) in [5, 5.41) is 8.96. The van der Waals surface area contributed by atoms with Gasteiger partial charge in [-0.2, -0.15) is 10.2 Å². The van der Waals surface area contributed by atoms with Crippen molar-refractivity contribution >= 4 is 69.1 Å². The molecule has 144 heavy (non-hydrogen) atoms. The maximum absolute atomic E-state index is 11.6. The van der Waals surface area contributed by atoms with Crippen molar-refractivity contribution in [2.45, 2.75) is 59.2 Å². The highest BCUT2D eigenvalue weighted by atomic mass is 35.5. The molecule has 0 radical (unpaired) electrons. The van der Waals surface area contributed by atoms with Crippen LogP contribution in [0.2, 0.25) is 5.15 Å². The SMILES string of the molecule is CC(C)Oc1cc2c(cn1)CN=C2c1ccnc(N2CCOCC2)c1.COc1ccc2c(n1)C(c1ccnc(N3CCOCC3)c1)=NC2.Clc1cc2c(cn1)CN=C2c1ccnc(-n2ccnc2)c1.Cn1cc(-c2cc3c(cn2)CN=C3c2ccnc(-n3ccnc3)c2)cn1.Cn1cc(-c2ccc3c(n2)C(c2ccnc(N4CCOCC4)c2)=NC3)cn1.O=c1ccc2c([nH]1)C(c1ccnc(N3CCOCC3)c1)=NC2. The molecule has 37 nitrogen and oxygen atoms in total. The Hall–Kier alpha value is -16.6. The maximum Gasteiger partial charge on any atom is 0.248 e. The van der Waals surface area contributed by atoms with Gasteiger partial charge in [0, 0.05) is 267 Å². The van der Waals surface area contributed by atoms with Crippen molar-refractivity contribution in [3.05, 3.63) is 361 Å². The lowest BCUT2D eigenvalue weighted by atomic mass is 10.0. The first-order chi connectivity index (χ1) is 70.7. The first-order valence-corrected chi connectivity index (χ1v) is 48.0. The second-order valence-electron chi connectivity index (χ2n) is 35.1. The van der Waals surface area contributed by atoms with Crippen molar-refractivity contribution in [3.63, 3.8) is 0 Å². The van der Waals surface area contributed by atoms with Gasteiger partial charge in [0.15, 0.2) is 0 Å². The van der Waals surface area contributed by atoms with Crippen LogP contribution in [-0.2, 0) is 72.3 Å². The van der Waals surface area contributed by atoms with E-state index in [1.807, 2.05) is 196 Å². The summed E-state index contributed by atoms with van der Waals surface area (Å²) in [5.74, 6) is 6.71. The van der Waals surface area contributed by atoms with Gasteiger partial charge in [0.2, 0.25) is 17.3 Å². The third-order valence-electron chi connectivity index (χ3n) is 25.3. The Morgan fingerprint density at radius 2 is 0.736 bits per heavy atom. The van der Waals surface area contributed by atoms with Gasteiger partial charge in [0.05, 0.1) is 180 Å². The Labute approximate surface area is 833 Å². The summed E-state index contributed by atoms with van der Waals surface area (Å²) < 4.78 is 40.0. The summed E-state index contributed by atoms with van der Waals surface area (Å²) in [6.45, 7) is 20.7. The number of nitrogens with zero attached hydrogens (tertiary/aromatic N) is 29. The molecule has 0 saturated carbocycles. The van der Waals surface area contributed by atoms with Crippen molar-refractivity contribution in [3.8, 4) is 45.9 Å². The molecule has 10 aliphatic heterocycles. The minimum atomic E-state index is -0.101. The highest BCUT2D eigenvalue weighted by Crippen LogP contribution is 2.35. The van der Waals surface area contributed by atoms with Gasteiger partial charge in [0.1, 0.15) is 52.7 Å². The van der Waals surface area contributed by atoms with Crippen LogP contribution in [0.4, 0.5) is 23.3 Å². The number of pyridine rings is 12. The molecule has 10 aliphatic rings. The van der Waals surface area contributed by atoms with E-state index in [-0.39, 0.29) is 11.7 Å². The minimum absolute atomic E-state index is 0.0983. The number of imidazole rings is 2. The van der Waals surface area contributed by atoms with Gasteiger partial charge in [-0.1, -0.05) is 17.7 Å². The Balaban J connectivity index is 0.000000102. The van der Waals surface area contributed by atoms with Crippen LogP contribution < -0.4 is 34.6 Å². The molecule has 38 heteroatoms. The summed E-state index contributed by atoms with van der Waals surface area (Å²) in [6.07, 6.45) is 34.8. The zero-order valence-electron chi connectivity index (χ0n) is 79.9. The topological polar surface area (TPSA) is 388 Å². The van der Waals surface area contributed by atoms with Crippen molar-refractivity contribution < 1.29 is 28.4 Å². The van der Waals surface area contributed by atoms with E-state index in [1.165, 1.54) is 0 Å². The van der Waals surface area contributed by atoms with E-state index in [2.05, 4.69) is 140 Å². The van der Waals surface area contributed by atoms with Crippen LogP contribution in [0.1, 0.15) is 114 Å². The highest BCUT2D eigenvalue weighted by Gasteiger charge is 2.30. The fourth-order valence-electron chi connectivity index (χ4n) is 18.0. The van der Waals surface area contributed by atoms with Gasteiger partial charge >= 0.3 is 0 Å². The smallest absolute Gasteiger partial charge is 0.248 e. The van der Waals surface area contributed by atoms with Crippen LogP contribution in [-0.4, -0.2) is 251 Å². The molecule has 16 aromatic heterocycles. The third kappa shape index (κ3) is 21.4. The molecule has 0 aliphatic carbocycles. The molecule has 0 amide bonds. The van der Waals surface area contributed by atoms with E-state index in [9.17, 15) is 4.79 Å². The number of aliphatic imine (C=N–C) groups is 6. The third-order valence-corrected chi connectivity index (χ3v) is 25.5. The number of hydrogen-bond acceptors (Lipinski definition) is 32. The van der Waals surface area contributed by atoms with Gasteiger partial charge < -0.3 is 53.0 Å². The maximum atomic E-state index is 11.6. The van der Waals surface area contributed by atoms with Crippen molar-refractivity contribution in [1.82, 2.24) is 98.5 Å². The van der Waals surface area contributed by atoms with Crippen LogP contribution in [0.25, 0.3) is 34.2 Å². The number of fused-ring (bicyclic) bond motifs is 6. The number of methoxy groups -OCH3 is 1. The fraction of sp³-hybridized carbons (Fsp3) is 0.264. The predicted octanol–water partition coefficient (Wildman–Crippen LogP) is 12.2. The first kappa shape index (κ1) is 93.7. The molecule has 26 heterocycles. The van der Waals surface area contributed by atoms with Crippen molar-refractivity contribution in [2.75, 3.05) is 132 Å². The lowest BCUT2D eigenvalue weighted by Crippen LogP contribution is -2.36. The standard InChI is InChI=1S/C20H20N6O.C19H15N7.C19H22N4O2.C17H18N4O2.C16H16N4O2.C15H10ClN5/c1-25-13-16(12-23-25)17-3-2-15-11-22-19(20(15)24-17)14-4-5-21-18(10-14)26-6-8-27-9-7-26;1-25-11-15(10-24-25)17-7-16-14(8-22-17)9-23-19(16)13-2-3-21-18(6-13)26-5-4-20-12-26;1-13(2)25-18-10-16-15(11-21-18)12-22-19(16)14-3-4-20-17(9-14)23-5-7-24-8-6-23;1-22-15-3-2-13-11-19-16(17(13)20-15)12-4-5-18-14(10-12)21-6-8-23-9-7-21;21-14-2-1-12-10-18-15(16(12)19-14)11-3-4-17-13(9-11)20-5-7-22-8-6-20;16-13-6-12-11(7-19-13)8-20-15(12)10-1-2-18-14(5-10)21-4-3-17-9-21/h2-5,10,12-13H,6-9,11H2,1H3;2-8,10-12H,9H2,1H3;3-4,9-11,13H,5-8,12H2,1-2H3;2-5,10H,6-9,11H2,1H3;1-4,9H,5-8,10H2,(H,19,21);1-7,9H,8H2. The van der Waals surface area contributed by atoms with Crippen LogP contribution in [0.3, 0.4) is 0 Å². The van der Waals surface area contributed by atoms with Gasteiger partial charge in [0.25, 0.3) is 0 Å². The van der Waals surface area contributed by atoms with E-state index < -0.39 is 0 Å². The summed E-state index contributed by atoms with van der Waals surface area (Å²) in [5.41, 5.74) is 28.1. The summed E-state index contributed by atoms with van der Waals surface area (Å²) >= 11 is 6.00. The molecule has 4 fully saturated rings. The van der Waals surface area contributed by atoms with Gasteiger partial charge in [-0.15, -0.1) is 0 Å². The number of ether oxygens (including phenoxy) is 6. The molecular weight excluding hydrogens is 1840 g/mol. The van der Waals surface area contributed by atoms with Gasteiger partial charge in [-0.3, -0.25) is 58.2 Å². The molecule has 0 bridgehead atoms. The number of morpholine rings is 4. The predicted molar refractivity (Wildman–Crippen MR) is 548 cm³/mol. The largest absolute Gasteiger partial charge is 0.481 e. The number of rotatable bonds is 17. The number of nitrogens with one attached hydrogen (secondary N) is 1. The zero-order valence-corrected chi connectivity index (χ0v) is 80.7. The van der Waals surface area contributed by atoms with Crippen molar-refractivity contribution in [1.29, 1.82) is 0 Å². The van der Waals surface area contributed by atoms with E-state index >= 15 is 0 Å². The van der Waals surface area contributed by atoms with Crippen LogP contribution in [0.5, 0.6) is 11.8 Å². The second-order valence-corrected chi connectivity index (χ2v) is 35.5. The average molecular weight is 1940 g/mol. The molecule has 0 atom stereocenters. The Morgan fingerprint density at radius 3 is 1.19 bits per heavy atom. The van der Waals surface area contributed by atoms with E-state index in [1.54, 1.807) is 72.4 Å². The van der Waals surface area contributed by atoms with Crippen LogP contribution in [0, 0.1) is 0 Å². The molecule has 0 unspecified atom stereocenters. The Bertz CT molecular complexity index is 7620. The molecular formula is C106H101ClN30O7. The number of aromatic amines is 1. The number of aromatic nitrogens is 20. The number of aryl methyl sites for hydroxylation is 2.